The number of methoxy groups -OCH3 is 2. The first-order chi connectivity index (χ1) is 29.0. The molecule has 4 aliphatic heterocycles. The first kappa shape index (κ1) is 44.6. The molecule has 4 atom stereocenters. The Morgan fingerprint density at radius 1 is 0.672 bits per heavy atom. The molecular formula is C46H59N7O8. The minimum absolute atomic E-state index is 0.00554. The molecule has 4 heterocycles. The number of benzene rings is 2. The number of nitrogens with one attached hydrogen (secondary N) is 2. The number of allylic oxidation sites excluding steroid dienone is 2. The number of hydrogen-bond acceptors (Lipinski definition) is 10. The lowest BCUT2D eigenvalue weighted by Crippen LogP contribution is -2.54. The van der Waals surface area contributed by atoms with Crippen molar-refractivity contribution in [3.63, 3.8) is 0 Å². The van der Waals surface area contributed by atoms with Gasteiger partial charge in [0.1, 0.15) is 17.7 Å². The molecule has 2 aromatic carbocycles. The molecule has 326 valence electrons. The van der Waals surface area contributed by atoms with E-state index in [2.05, 4.69) is 59.2 Å². The molecule has 0 radical (unpaired) electrons. The highest BCUT2D eigenvalue weighted by atomic mass is 16.6. The van der Waals surface area contributed by atoms with Crippen LogP contribution in [-0.4, -0.2) is 120 Å². The van der Waals surface area contributed by atoms with Crippen LogP contribution in [0, 0.1) is 11.8 Å². The summed E-state index contributed by atoms with van der Waals surface area (Å²) in [5, 5.41) is 5.37. The average molecular weight is 838 g/mol. The van der Waals surface area contributed by atoms with Gasteiger partial charge in [-0.1, -0.05) is 76.2 Å². The zero-order chi connectivity index (χ0) is 44.2. The van der Waals surface area contributed by atoms with Gasteiger partial charge in [0.2, 0.25) is 11.8 Å². The van der Waals surface area contributed by atoms with E-state index >= 15 is 0 Å². The third-order valence-corrected chi connectivity index (χ3v) is 11.5. The van der Waals surface area contributed by atoms with E-state index in [1.807, 2.05) is 45.0 Å². The number of aliphatic imine (C=N–C) groups is 2. The van der Waals surface area contributed by atoms with Gasteiger partial charge in [-0.15, -0.1) is 0 Å². The third-order valence-electron chi connectivity index (χ3n) is 11.5. The highest BCUT2D eigenvalue weighted by Gasteiger charge is 2.44. The molecule has 2 N–H and O–H groups in total. The molecule has 0 aliphatic carbocycles. The molecular weight excluding hydrogens is 779 g/mol. The van der Waals surface area contributed by atoms with Crippen molar-refractivity contribution in [1.82, 2.24) is 25.3 Å². The van der Waals surface area contributed by atoms with Gasteiger partial charge in [0.25, 0.3) is 0 Å². The summed E-state index contributed by atoms with van der Waals surface area (Å²) in [5.74, 6) is -0.790. The Bertz CT molecular complexity index is 2120. The Morgan fingerprint density at radius 2 is 1.11 bits per heavy atom. The number of rotatable bonds is 11. The van der Waals surface area contributed by atoms with Gasteiger partial charge in [-0.25, -0.2) is 14.4 Å². The maximum atomic E-state index is 14.0. The first-order valence-corrected chi connectivity index (χ1v) is 21.0. The van der Waals surface area contributed by atoms with Crippen LogP contribution < -0.4 is 10.6 Å². The van der Waals surface area contributed by atoms with Crippen molar-refractivity contribution in [2.75, 3.05) is 34.0 Å². The smallest absolute Gasteiger partial charge is 0.411 e. The van der Waals surface area contributed by atoms with Gasteiger partial charge in [-0.3, -0.25) is 24.5 Å². The van der Waals surface area contributed by atoms with Gasteiger partial charge in [-0.2, -0.15) is 0 Å². The van der Waals surface area contributed by atoms with Crippen LogP contribution in [0.15, 0.2) is 70.9 Å². The molecule has 5 amide bonds. The predicted molar refractivity (Wildman–Crippen MR) is 233 cm³/mol. The molecule has 6 rings (SSSR count). The van der Waals surface area contributed by atoms with Gasteiger partial charge in [0.05, 0.1) is 39.5 Å². The van der Waals surface area contributed by atoms with Crippen LogP contribution in [0.2, 0.25) is 0 Å². The van der Waals surface area contributed by atoms with Gasteiger partial charge in [0, 0.05) is 43.2 Å². The van der Waals surface area contributed by atoms with E-state index in [0.717, 1.165) is 57.7 Å². The minimum Gasteiger partial charge on any atom is -0.453 e. The molecule has 0 aromatic heterocycles. The largest absolute Gasteiger partial charge is 0.453 e. The van der Waals surface area contributed by atoms with E-state index in [4.69, 9.17) is 24.2 Å². The summed E-state index contributed by atoms with van der Waals surface area (Å²) >= 11 is 0. The number of carbonyl (C=O) groups excluding carboxylic acids is 5. The van der Waals surface area contributed by atoms with E-state index < -0.39 is 42.0 Å². The molecule has 0 unspecified atom stereocenters. The predicted octanol–water partition coefficient (Wildman–Crippen LogP) is 6.88. The molecule has 61 heavy (non-hydrogen) atoms. The van der Waals surface area contributed by atoms with Crippen molar-refractivity contribution in [2.24, 2.45) is 21.8 Å². The van der Waals surface area contributed by atoms with Gasteiger partial charge in [0.15, 0.2) is 0 Å². The lowest BCUT2D eigenvalue weighted by Gasteiger charge is -2.31. The second-order valence-electron chi connectivity index (χ2n) is 17.6. The lowest BCUT2D eigenvalue weighted by atomic mass is 9.94. The Hall–Kier alpha value is -5.99. The van der Waals surface area contributed by atoms with Crippen molar-refractivity contribution in [1.29, 1.82) is 0 Å². The Balaban J connectivity index is 1.08. The van der Waals surface area contributed by atoms with Crippen molar-refractivity contribution in [2.45, 2.75) is 104 Å². The summed E-state index contributed by atoms with van der Waals surface area (Å²) < 4.78 is 15.2. The van der Waals surface area contributed by atoms with Gasteiger partial charge >= 0.3 is 18.3 Å². The number of amides is 5. The molecule has 15 heteroatoms. The monoisotopic (exact) mass is 837 g/mol. The minimum atomic E-state index is -0.868. The fourth-order valence-corrected chi connectivity index (χ4v) is 8.16. The first-order valence-electron chi connectivity index (χ1n) is 21.0. The summed E-state index contributed by atoms with van der Waals surface area (Å²) in [6.07, 6.45) is 4.69. The Kier molecular flexibility index (Phi) is 13.7. The third kappa shape index (κ3) is 10.3. The maximum Gasteiger partial charge on any atom is 0.411 e. The zero-order valence-corrected chi connectivity index (χ0v) is 36.7. The summed E-state index contributed by atoms with van der Waals surface area (Å²) in [6.45, 7) is 13.7. The summed E-state index contributed by atoms with van der Waals surface area (Å²) in [7, 11) is 2.54. The number of likely N-dealkylation sites (tertiary alicyclic amines) is 1. The van der Waals surface area contributed by atoms with E-state index in [9.17, 15) is 24.0 Å². The highest BCUT2D eigenvalue weighted by molar-refractivity contribution is 6.05. The molecule has 15 nitrogen and oxygen atoms in total. The van der Waals surface area contributed by atoms with Crippen LogP contribution in [-0.2, 0) is 23.8 Å². The van der Waals surface area contributed by atoms with Crippen molar-refractivity contribution < 1.29 is 38.2 Å². The van der Waals surface area contributed by atoms with Crippen LogP contribution in [0.4, 0.5) is 14.4 Å². The van der Waals surface area contributed by atoms with Crippen LogP contribution >= 0.6 is 0 Å². The topological polar surface area (TPSA) is 172 Å². The summed E-state index contributed by atoms with van der Waals surface area (Å²) in [4.78, 5) is 79.5. The highest BCUT2D eigenvalue weighted by Crippen LogP contribution is 2.34. The van der Waals surface area contributed by atoms with Crippen molar-refractivity contribution in [3.05, 3.63) is 72.1 Å². The number of carbonyl (C=O) groups is 5. The molecule has 0 saturated carbocycles. The molecule has 2 fully saturated rings. The molecule has 2 saturated heterocycles. The number of alkyl carbamates (subject to hydrolysis) is 2. The summed E-state index contributed by atoms with van der Waals surface area (Å²) in [5.41, 5.74) is 7.21. The Labute approximate surface area is 358 Å². The van der Waals surface area contributed by atoms with Crippen LogP contribution in [0.1, 0.15) is 85.3 Å². The van der Waals surface area contributed by atoms with E-state index in [1.165, 1.54) is 19.1 Å². The average Bonchev–Trinajstić information content (AvgIpc) is 4.07. The fourth-order valence-electron chi connectivity index (χ4n) is 8.16. The van der Waals surface area contributed by atoms with E-state index in [-0.39, 0.29) is 42.9 Å². The zero-order valence-electron chi connectivity index (χ0n) is 36.7. The van der Waals surface area contributed by atoms with Crippen LogP contribution in [0.3, 0.4) is 0 Å². The van der Waals surface area contributed by atoms with E-state index in [0.29, 0.717) is 19.4 Å². The standard InChI is InChI=1S/C46H59N7O8/c1-27(2)39(49-43(56)59-8)41(54)52-20-10-11-37(52)35-21-33(23-47-35)31-16-12-29(13-17-31)30-14-18-32(19-15-30)34-22-36(48-24-34)38-25-51(45(58)61-46(5,6)7)26-53(38)42(55)40(28(3)4)50-44(57)60-9/h12-19,23-24,27-28,37-40H,10-11,20-22,25-26H2,1-9H3,(H,49,56)(H,50,57)/t37-,38-,39-,40-/m0/s1. The fraction of sp³-hybridized carbons (Fsp3) is 0.500. The SMILES string of the molecule is COC(=O)N[C@H](C(=O)N1CCC[C@H]1C1=NC=C(c2ccc(-c3ccc(C4=CN=C([C@@H]5CN(C(=O)OC(C)(C)C)CN5C(=O)[C@@H](NC(=O)OC)C(C)C)C4)cc3)cc2)C1)C(C)C. The molecule has 4 aliphatic rings. The maximum absolute atomic E-state index is 14.0. The quantitative estimate of drug-likeness (QED) is 0.231. The van der Waals surface area contributed by atoms with Gasteiger partial charge in [-0.05, 0) is 78.8 Å². The lowest BCUT2D eigenvalue weighted by molar-refractivity contribution is -0.135. The molecule has 0 spiro atoms. The van der Waals surface area contributed by atoms with Gasteiger partial charge < -0.3 is 34.6 Å². The van der Waals surface area contributed by atoms with Crippen LogP contribution in [0.5, 0.6) is 0 Å². The second-order valence-corrected chi connectivity index (χ2v) is 17.6. The number of nitrogens with zero attached hydrogens (tertiary/aromatic N) is 5. The van der Waals surface area contributed by atoms with Crippen molar-refractivity contribution in [3.8, 4) is 11.1 Å². The van der Waals surface area contributed by atoms with Crippen molar-refractivity contribution >= 4 is 52.7 Å². The normalized spacial score (nSPS) is 19.9. The number of hydrogen-bond donors (Lipinski definition) is 2. The number of ether oxygens (including phenoxy) is 3. The molecule has 0 bridgehead atoms. The Morgan fingerprint density at radius 3 is 1.56 bits per heavy atom. The second kappa shape index (κ2) is 18.7. The molecule has 2 aromatic rings. The van der Waals surface area contributed by atoms with Crippen LogP contribution in [0.25, 0.3) is 22.3 Å². The summed E-state index contributed by atoms with van der Waals surface area (Å²) in [6, 6.07) is 14.5. The van der Waals surface area contributed by atoms with E-state index in [1.54, 1.807) is 25.7 Å².